The summed E-state index contributed by atoms with van der Waals surface area (Å²) in [6.07, 6.45) is 0. The molecule has 0 aromatic heterocycles. The Morgan fingerprint density at radius 2 is 2.10 bits per heavy atom. The van der Waals surface area contributed by atoms with Crippen LogP contribution in [0.3, 0.4) is 0 Å². The van der Waals surface area contributed by atoms with E-state index in [1.54, 1.807) is 26.0 Å². The summed E-state index contributed by atoms with van der Waals surface area (Å²) in [6.45, 7) is 7.82. The van der Waals surface area contributed by atoms with E-state index in [1.165, 1.54) is 6.07 Å². The molecule has 112 valence electrons. The third-order valence-electron chi connectivity index (χ3n) is 2.52. The highest BCUT2D eigenvalue weighted by Gasteiger charge is 2.19. The predicted octanol–water partition coefficient (Wildman–Crippen LogP) is 2.24. The number of aliphatic hydroxyl groups is 1. The Labute approximate surface area is 118 Å². The van der Waals surface area contributed by atoms with Gasteiger partial charge >= 0.3 is 5.69 Å². The number of hydrogen-bond acceptors (Lipinski definition) is 5. The van der Waals surface area contributed by atoms with E-state index >= 15 is 0 Å². The standard InChI is InChI=1S/C14H22N2O4/c1-10(2)15-8-11-5-6-12(16(18)19)13(7-11)20-9-14(3,4)17/h5-7,10,15,17H,8-9H2,1-4H3. The summed E-state index contributed by atoms with van der Waals surface area (Å²) in [5, 5.41) is 23.9. The number of rotatable bonds is 7. The number of nitrogens with zero attached hydrogens (tertiary/aromatic N) is 1. The Hall–Kier alpha value is -1.66. The van der Waals surface area contributed by atoms with Crippen LogP contribution < -0.4 is 10.1 Å². The zero-order valence-electron chi connectivity index (χ0n) is 12.3. The van der Waals surface area contributed by atoms with E-state index in [-0.39, 0.29) is 18.0 Å². The fraction of sp³-hybridized carbons (Fsp3) is 0.571. The van der Waals surface area contributed by atoms with Gasteiger partial charge in [0.2, 0.25) is 0 Å². The summed E-state index contributed by atoms with van der Waals surface area (Å²) in [5.74, 6) is 0.181. The van der Waals surface area contributed by atoms with Gasteiger partial charge in [-0.3, -0.25) is 10.1 Å². The minimum Gasteiger partial charge on any atom is -0.484 e. The third kappa shape index (κ3) is 5.54. The summed E-state index contributed by atoms with van der Waals surface area (Å²) in [7, 11) is 0. The number of nitro groups is 1. The van der Waals surface area contributed by atoms with Gasteiger partial charge < -0.3 is 15.2 Å². The number of benzene rings is 1. The van der Waals surface area contributed by atoms with Crippen molar-refractivity contribution in [2.45, 2.75) is 45.9 Å². The van der Waals surface area contributed by atoms with Crippen molar-refractivity contribution < 1.29 is 14.8 Å². The first-order valence-electron chi connectivity index (χ1n) is 6.55. The van der Waals surface area contributed by atoms with Crippen LogP contribution in [-0.4, -0.2) is 28.3 Å². The van der Waals surface area contributed by atoms with Gasteiger partial charge in [-0.1, -0.05) is 19.9 Å². The van der Waals surface area contributed by atoms with Crippen LogP contribution in [0.5, 0.6) is 5.75 Å². The second-order valence-electron chi connectivity index (χ2n) is 5.70. The topological polar surface area (TPSA) is 84.6 Å². The number of hydrogen-bond donors (Lipinski definition) is 2. The molecule has 0 heterocycles. The lowest BCUT2D eigenvalue weighted by atomic mass is 10.1. The van der Waals surface area contributed by atoms with Crippen molar-refractivity contribution in [3.63, 3.8) is 0 Å². The summed E-state index contributed by atoms with van der Waals surface area (Å²) >= 11 is 0. The van der Waals surface area contributed by atoms with Gasteiger partial charge in [0.25, 0.3) is 0 Å². The number of nitro benzene ring substituents is 1. The molecular weight excluding hydrogens is 260 g/mol. The quantitative estimate of drug-likeness (QED) is 0.592. The molecule has 0 bridgehead atoms. The summed E-state index contributed by atoms with van der Waals surface area (Å²) < 4.78 is 5.39. The lowest BCUT2D eigenvalue weighted by Gasteiger charge is -2.18. The summed E-state index contributed by atoms with van der Waals surface area (Å²) in [5.41, 5.74) is -0.238. The van der Waals surface area contributed by atoms with Crippen LogP contribution >= 0.6 is 0 Å². The first-order valence-corrected chi connectivity index (χ1v) is 6.55. The molecule has 0 unspecified atom stereocenters. The second kappa shape index (κ2) is 6.67. The fourth-order valence-electron chi connectivity index (χ4n) is 1.51. The van der Waals surface area contributed by atoms with Crippen molar-refractivity contribution >= 4 is 5.69 Å². The maximum absolute atomic E-state index is 11.0. The highest BCUT2D eigenvalue weighted by atomic mass is 16.6. The minimum atomic E-state index is -1.04. The van der Waals surface area contributed by atoms with Gasteiger partial charge in [0.05, 0.1) is 10.5 Å². The molecule has 0 aliphatic heterocycles. The van der Waals surface area contributed by atoms with Gasteiger partial charge in [0.15, 0.2) is 5.75 Å². The molecule has 0 amide bonds. The molecule has 0 saturated heterocycles. The maximum atomic E-state index is 11.0. The monoisotopic (exact) mass is 282 g/mol. The van der Waals surface area contributed by atoms with Gasteiger partial charge in [-0.2, -0.15) is 0 Å². The Bertz CT molecular complexity index is 467. The molecule has 1 rings (SSSR count). The van der Waals surface area contributed by atoms with Crippen LogP contribution in [0.25, 0.3) is 0 Å². The van der Waals surface area contributed by atoms with E-state index in [0.717, 1.165) is 5.56 Å². The molecule has 0 atom stereocenters. The highest BCUT2D eigenvalue weighted by Crippen LogP contribution is 2.28. The zero-order valence-corrected chi connectivity index (χ0v) is 12.3. The average Bonchev–Trinajstić information content (AvgIpc) is 2.32. The van der Waals surface area contributed by atoms with Crippen molar-refractivity contribution in [1.29, 1.82) is 0 Å². The molecule has 0 aliphatic rings. The molecule has 0 saturated carbocycles. The Kier molecular flexibility index (Phi) is 5.47. The Morgan fingerprint density at radius 1 is 1.45 bits per heavy atom. The summed E-state index contributed by atoms with van der Waals surface area (Å²) in [4.78, 5) is 10.5. The summed E-state index contributed by atoms with van der Waals surface area (Å²) in [6, 6.07) is 5.09. The fourth-order valence-corrected chi connectivity index (χ4v) is 1.51. The molecule has 0 aliphatic carbocycles. The lowest BCUT2D eigenvalue weighted by molar-refractivity contribution is -0.386. The second-order valence-corrected chi connectivity index (χ2v) is 5.70. The van der Waals surface area contributed by atoms with Crippen molar-refractivity contribution in [2.75, 3.05) is 6.61 Å². The third-order valence-corrected chi connectivity index (χ3v) is 2.52. The van der Waals surface area contributed by atoms with Crippen LogP contribution in [0.15, 0.2) is 18.2 Å². The van der Waals surface area contributed by atoms with E-state index in [2.05, 4.69) is 5.32 Å². The Balaban J connectivity index is 2.91. The van der Waals surface area contributed by atoms with Gasteiger partial charge in [0, 0.05) is 18.7 Å². The largest absolute Gasteiger partial charge is 0.484 e. The van der Waals surface area contributed by atoms with Crippen LogP contribution in [-0.2, 0) is 6.54 Å². The first kappa shape index (κ1) is 16.4. The van der Waals surface area contributed by atoms with Gasteiger partial charge in [0.1, 0.15) is 6.61 Å². The molecule has 6 nitrogen and oxygen atoms in total. The van der Waals surface area contributed by atoms with Gasteiger partial charge in [-0.25, -0.2) is 0 Å². The number of nitrogens with one attached hydrogen (secondary N) is 1. The molecular formula is C14H22N2O4. The first-order chi connectivity index (χ1) is 9.19. The van der Waals surface area contributed by atoms with Crippen molar-refractivity contribution in [2.24, 2.45) is 0 Å². The van der Waals surface area contributed by atoms with Crippen LogP contribution in [0.2, 0.25) is 0 Å². The minimum absolute atomic E-state index is 0.00506. The molecule has 6 heteroatoms. The SMILES string of the molecule is CC(C)NCc1ccc([N+](=O)[O-])c(OCC(C)(C)O)c1. The van der Waals surface area contributed by atoms with Gasteiger partial charge in [-0.15, -0.1) is 0 Å². The van der Waals surface area contributed by atoms with E-state index in [1.807, 2.05) is 13.8 Å². The smallest absolute Gasteiger partial charge is 0.310 e. The maximum Gasteiger partial charge on any atom is 0.310 e. The van der Waals surface area contributed by atoms with Crippen molar-refractivity contribution in [3.8, 4) is 5.75 Å². The van der Waals surface area contributed by atoms with Crippen LogP contribution in [0.4, 0.5) is 5.69 Å². The van der Waals surface area contributed by atoms with Crippen LogP contribution in [0, 0.1) is 10.1 Å². The average molecular weight is 282 g/mol. The van der Waals surface area contributed by atoms with E-state index in [0.29, 0.717) is 12.6 Å². The Morgan fingerprint density at radius 3 is 2.60 bits per heavy atom. The van der Waals surface area contributed by atoms with E-state index in [9.17, 15) is 15.2 Å². The normalized spacial score (nSPS) is 11.7. The molecule has 1 aromatic carbocycles. The number of ether oxygens (including phenoxy) is 1. The van der Waals surface area contributed by atoms with Crippen molar-refractivity contribution in [1.82, 2.24) is 5.32 Å². The predicted molar refractivity (Wildman–Crippen MR) is 76.9 cm³/mol. The van der Waals surface area contributed by atoms with Crippen LogP contribution in [0.1, 0.15) is 33.3 Å². The molecule has 20 heavy (non-hydrogen) atoms. The molecule has 2 N–H and O–H groups in total. The molecule has 0 fully saturated rings. The lowest BCUT2D eigenvalue weighted by Crippen LogP contribution is -2.28. The van der Waals surface area contributed by atoms with E-state index in [4.69, 9.17) is 4.74 Å². The van der Waals surface area contributed by atoms with Gasteiger partial charge in [-0.05, 0) is 25.5 Å². The molecule has 0 radical (unpaired) electrons. The van der Waals surface area contributed by atoms with E-state index < -0.39 is 10.5 Å². The highest BCUT2D eigenvalue weighted by molar-refractivity contribution is 5.48. The molecule has 1 aromatic rings. The molecule has 0 spiro atoms. The zero-order chi connectivity index (χ0) is 15.3. The van der Waals surface area contributed by atoms with Crippen molar-refractivity contribution in [3.05, 3.63) is 33.9 Å².